The summed E-state index contributed by atoms with van der Waals surface area (Å²) in [5.74, 6) is -0.809. The molecule has 1 unspecified atom stereocenters. The summed E-state index contributed by atoms with van der Waals surface area (Å²) >= 11 is 0. The highest BCUT2D eigenvalue weighted by atomic mass is 16.5. The number of nitrogens with one attached hydrogen (secondary N) is 3. The molecule has 1 atom stereocenters. The summed E-state index contributed by atoms with van der Waals surface area (Å²) in [7, 11) is 1.32. The van der Waals surface area contributed by atoms with E-state index < -0.39 is 12.0 Å². The number of rotatable bonds is 5. The second kappa shape index (κ2) is 7.90. The van der Waals surface area contributed by atoms with Gasteiger partial charge in [-0.2, -0.15) is 0 Å². The molecule has 3 N–H and O–H groups in total. The standard InChI is InChI=1S/C20H21N3O4/c1-12-3-5-13(6-4-12)18(24)21-10-9-16-19(25)23-15-8-7-14(20(26)27-2)11-17(15)22-16/h3-8,11,16,22H,9-10H2,1-2H3,(H,21,24)(H,23,25). The van der Waals surface area contributed by atoms with E-state index in [1.165, 1.54) is 7.11 Å². The highest BCUT2D eigenvalue weighted by molar-refractivity contribution is 6.04. The first-order chi connectivity index (χ1) is 13.0. The predicted molar refractivity (Wildman–Crippen MR) is 102 cm³/mol. The first-order valence-corrected chi connectivity index (χ1v) is 8.62. The van der Waals surface area contributed by atoms with Crippen LogP contribution in [0.15, 0.2) is 42.5 Å². The van der Waals surface area contributed by atoms with Crippen LogP contribution in [0.2, 0.25) is 0 Å². The van der Waals surface area contributed by atoms with E-state index in [1.807, 2.05) is 19.1 Å². The number of esters is 1. The van der Waals surface area contributed by atoms with Crippen LogP contribution in [-0.2, 0) is 9.53 Å². The fraction of sp³-hybridized carbons (Fsp3) is 0.250. The number of hydrogen-bond acceptors (Lipinski definition) is 5. The van der Waals surface area contributed by atoms with E-state index in [0.29, 0.717) is 35.5 Å². The average Bonchev–Trinajstić information content (AvgIpc) is 2.67. The Balaban J connectivity index is 1.60. The van der Waals surface area contributed by atoms with Crippen molar-refractivity contribution < 1.29 is 19.1 Å². The maximum atomic E-state index is 12.2. The van der Waals surface area contributed by atoms with Crippen molar-refractivity contribution in [3.05, 3.63) is 59.2 Å². The van der Waals surface area contributed by atoms with Crippen molar-refractivity contribution in [1.82, 2.24) is 5.32 Å². The van der Waals surface area contributed by atoms with E-state index in [9.17, 15) is 14.4 Å². The van der Waals surface area contributed by atoms with Gasteiger partial charge in [-0.15, -0.1) is 0 Å². The molecule has 0 radical (unpaired) electrons. The smallest absolute Gasteiger partial charge is 0.337 e. The zero-order valence-corrected chi connectivity index (χ0v) is 15.2. The lowest BCUT2D eigenvalue weighted by Crippen LogP contribution is -2.41. The Labute approximate surface area is 157 Å². The van der Waals surface area contributed by atoms with Crippen molar-refractivity contribution in [3.8, 4) is 0 Å². The number of hydrogen-bond donors (Lipinski definition) is 3. The Morgan fingerprint density at radius 2 is 1.78 bits per heavy atom. The summed E-state index contributed by atoms with van der Waals surface area (Å²) in [6, 6.07) is 11.7. The molecular weight excluding hydrogens is 346 g/mol. The van der Waals surface area contributed by atoms with Gasteiger partial charge < -0.3 is 20.7 Å². The highest BCUT2D eigenvalue weighted by Gasteiger charge is 2.26. The number of carbonyl (C=O) groups is 3. The van der Waals surface area contributed by atoms with Crippen LogP contribution in [0, 0.1) is 6.92 Å². The van der Waals surface area contributed by atoms with Gasteiger partial charge in [-0.05, 0) is 43.7 Å². The molecule has 0 fully saturated rings. The number of carbonyl (C=O) groups excluding carboxylic acids is 3. The first-order valence-electron chi connectivity index (χ1n) is 8.62. The van der Waals surface area contributed by atoms with Gasteiger partial charge in [0.2, 0.25) is 5.91 Å². The minimum atomic E-state index is -0.510. The number of ether oxygens (including phenoxy) is 1. The lowest BCUT2D eigenvalue weighted by atomic mass is 10.1. The van der Waals surface area contributed by atoms with Crippen molar-refractivity contribution >= 4 is 29.2 Å². The molecule has 2 amide bonds. The average molecular weight is 367 g/mol. The molecule has 1 heterocycles. The third-order valence-corrected chi connectivity index (χ3v) is 4.38. The lowest BCUT2D eigenvalue weighted by molar-refractivity contribution is -0.117. The Hall–Kier alpha value is -3.35. The molecule has 0 aliphatic carbocycles. The Kier molecular flexibility index (Phi) is 5.40. The second-order valence-electron chi connectivity index (χ2n) is 6.35. The third-order valence-electron chi connectivity index (χ3n) is 4.38. The molecular formula is C20H21N3O4. The molecule has 1 aliphatic heterocycles. The van der Waals surface area contributed by atoms with Crippen molar-refractivity contribution in [1.29, 1.82) is 0 Å². The minimum Gasteiger partial charge on any atom is -0.465 e. The van der Waals surface area contributed by atoms with Gasteiger partial charge in [-0.1, -0.05) is 17.7 Å². The minimum absolute atomic E-state index is 0.181. The number of amides is 2. The topological polar surface area (TPSA) is 96.5 Å². The van der Waals surface area contributed by atoms with Crippen LogP contribution in [0.4, 0.5) is 11.4 Å². The van der Waals surface area contributed by atoms with E-state index >= 15 is 0 Å². The van der Waals surface area contributed by atoms with Crippen LogP contribution < -0.4 is 16.0 Å². The maximum absolute atomic E-state index is 12.2. The molecule has 3 rings (SSSR count). The van der Waals surface area contributed by atoms with E-state index in [4.69, 9.17) is 4.74 Å². The highest BCUT2D eigenvalue weighted by Crippen LogP contribution is 2.28. The zero-order chi connectivity index (χ0) is 19.4. The molecule has 0 saturated heterocycles. The van der Waals surface area contributed by atoms with Crippen LogP contribution >= 0.6 is 0 Å². The fourth-order valence-electron chi connectivity index (χ4n) is 2.83. The summed E-state index contributed by atoms with van der Waals surface area (Å²) in [4.78, 5) is 36.0. The summed E-state index contributed by atoms with van der Waals surface area (Å²) in [5.41, 5.74) is 3.31. The van der Waals surface area contributed by atoms with E-state index in [2.05, 4.69) is 16.0 Å². The summed E-state index contributed by atoms with van der Waals surface area (Å²) in [5, 5.41) is 8.74. The summed E-state index contributed by atoms with van der Waals surface area (Å²) < 4.78 is 4.71. The van der Waals surface area contributed by atoms with Gasteiger partial charge in [0.15, 0.2) is 0 Å². The molecule has 0 saturated carbocycles. The van der Waals surface area contributed by atoms with E-state index in [-0.39, 0.29) is 11.8 Å². The quantitative estimate of drug-likeness (QED) is 0.705. The van der Waals surface area contributed by atoms with Gasteiger partial charge in [-0.3, -0.25) is 9.59 Å². The first kappa shape index (κ1) is 18.4. The Bertz CT molecular complexity index is 877. The molecule has 0 aromatic heterocycles. The van der Waals surface area contributed by atoms with Gasteiger partial charge in [0.1, 0.15) is 6.04 Å². The SMILES string of the molecule is COC(=O)c1ccc2c(c1)NC(CCNC(=O)c1ccc(C)cc1)C(=O)N2. The zero-order valence-electron chi connectivity index (χ0n) is 15.2. The number of methoxy groups -OCH3 is 1. The number of fused-ring (bicyclic) bond motifs is 1. The van der Waals surface area contributed by atoms with Crippen LogP contribution in [0.25, 0.3) is 0 Å². The maximum Gasteiger partial charge on any atom is 0.337 e. The molecule has 2 aromatic rings. The monoisotopic (exact) mass is 367 g/mol. The van der Waals surface area contributed by atoms with Crippen LogP contribution in [0.5, 0.6) is 0 Å². The number of aryl methyl sites for hydroxylation is 1. The van der Waals surface area contributed by atoms with E-state index in [0.717, 1.165) is 5.56 Å². The summed E-state index contributed by atoms with van der Waals surface area (Å²) in [6.07, 6.45) is 0.408. The normalized spacial score (nSPS) is 15.2. The molecule has 2 aromatic carbocycles. The van der Waals surface area contributed by atoms with Gasteiger partial charge in [0, 0.05) is 12.1 Å². The molecule has 140 valence electrons. The predicted octanol–water partition coefficient (Wildman–Crippen LogP) is 2.33. The number of benzene rings is 2. The molecule has 0 bridgehead atoms. The van der Waals surface area contributed by atoms with Crippen molar-refractivity contribution in [2.75, 3.05) is 24.3 Å². The van der Waals surface area contributed by atoms with Gasteiger partial charge in [0.05, 0.1) is 24.0 Å². The molecule has 7 nitrogen and oxygen atoms in total. The molecule has 7 heteroatoms. The molecule has 27 heavy (non-hydrogen) atoms. The number of anilines is 2. The van der Waals surface area contributed by atoms with Gasteiger partial charge >= 0.3 is 5.97 Å². The Morgan fingerprint density at radius 3 is 2.48 bits per heavy atom. The van der Waals surface area contributed by atoms with Crippen LogP contribution in [-0.4, -0.2) is 37.5 Å². The van der Waals surface area contributed by atoms with Crippen LogP contribution in [0.3, 0.4) is 0 Å². The van der Waals surface area contributed by atoms with Crippen molar-refractivity contribution in [3.63, 3.8) is 0 Å². The summed E-state index contributed by atoms with van der Waals surface area (Å²) in [6.45, 7) is 2.29. The lowest BCUT2D eigenvalue weighted by Gasteiger charge is -2.27. The van der Waals surface area contributed by atoms with Crippen molar-refractivity contribution in [2.45, 2.75) is 19.4 Å². The molecule has 1 aliphatic rings. The Morgan fingerprint density at radius 1 is 1.07 bits per heavy atom. The van der Waals surface area contributed by atoms with Crippen LogP contribution in [0.1, 0.15) is 32.7 Å². The van der Waals surface area contributed by atoms with Gasteiger partial charge in [-0.25, -0.2) is 4.79 Å². The van der Waals surface area contributed by atoms with E-state index in [1.54, 1.807) is 30.3 Å². The molecule has 0 spiro atoms. The largest absolute Gasteiger partial charge is 0.465 e. The third kappa shape index (κ3) is 4.25. The second-order valence-corrected chi connectivity index (χ2v) is 6.35. The van der Waals surface area contributed by atoms with Gasteiger partial charge in [0.25, 0.3) is 5.91 Å². The fourth-order valence-corrected chi connectivity index (χ4v) is 2.83. The van der Waals surface area contributed by atoms with Crippen molar-refractivity contribution in [2.24, 2.45) is 0 Å².